The summed E-state index contributed by atoms with van der Waals surface area (Å²) in [5.41, 5.74) is 0. The van der Waals surface area contributed by atoms with Crippen LogP contribution in [0, 0.1) is 17.8 Å². The van der Waals surface area contributed by atoms with Gasteiger partial charge in [-0.05, 0) is 37.5 Å². The van der Waals surface area contributed by atoms with Gasteiger partial charge in [0, 0.05) is 19.0 Å². The van der Waals surface area contributed by atoms with Crippen LogP contribution in [-0.4, -0.2) is 85.4 Å². The molecule has 3 fully saturated rings. The Bertz CT molecular complexity index is 885. The van der Waals surface area contributed by atoms with Gasteiger partial charge in [-0.1, -0.05) is 6.42 Å². The van der Waals surface area contributed by atoms with Gasteiger partial charge in [0.2, 0.25) is 11.8 Å². The molecule has 15 heteroatoms. The van der Waals surface area contributed by atoms with Crippen LogP contribution in [0.5, 0.6) is 0 Å². The van der Waals surface area contributed by atoms with Crippen LogP contribution in [0.15, 0.2) is 0 Å². The number of alkyl halides is 5. The van der Waals surface area contributed by atoms with Crippen molar-refractivity contribution in [1.82, 2.24) is 20.9 Å². The summed E-state index contributed by atoms with van der Waals surface area (Å²) in [4.78, 5) is 63.6. The van der Waals surface area contributed by atoms with Crippen LogP contribution in [-0.2, 0) is 28.7 Å². The van der Waals surface area contributed by atoms with Crippen molar-refractivity contribution in [1.29, 1.82) is 0 Å². The molecule has 2 saturated heterocycles. The van der Waals surface area contributed by atoms with Crippen LogP contribution in [0.4, 0.5) is 22.0 Å². The molecule has 1 unspecified atom stereocenters. The van der Waals surface area contributed by atoms with Crippen LogP contribution >= 0.6 is 0 Å². The number of nitrogens with one attached hydrogen (secondary N) is 3. The number of hydrogen-bond donors (Lipinski definition) is 3. The summed E-state index contributed by atoms with van der Waals surface area (Å²) in [7, 11) is 0. The number of ether oxygens (including phenoxy) is 1. The van der Waals surface area contributed by atoms with Gasteiger partial charge < -0.3 is 20.9 Å². The van der Waals surface area contributed by atoms with E-state index in [-0.39, 0.29) is 24.8 Å². The van der Waals surface area contributed by atoms with E-state index in [1.54, 1.807) is 5.32 Å². The highest BCUT2D eigenvalue weighted by molar-refractivity contribution is 6.35. The SMILES string of the molecule is O=C(NCC(F)F)C(=O)N1C[C@@H]2CCC[C@@H]2[C@H]1C(=O)NC(C[C@@H]1CCNC1=O)C(=O)COC(F)(F)F. The zero-order valence-electron chi connectivity index (χ0n) is 19.1. The second-order valence-corrected chi connectivity index (χ2v) is 9.13. The van der Waals surface area contributed by atoms with E-state index in [2.05, 4.69) is 15.4 Å². The standard InChI is InChI=1S/C21H27F5N4O6/c22-15(23)7-28-19(34)20(35)30-8-11-2-1-3-12(11)16(30)18(33)29-13(6-10-4-5-27-17(10)32)14(31)9-36-21(24,25)26/h10-13,15-16H,1-9H2,(H,27,32)(H,28,34)(H,29,33)/t10-,11-,12-,13?,16-/m0/s1. The van der Waals surface area contributed by atoms with Gasteiger partial charge >= 0.3 is 18.2 Å². The Balaban J connectivity index is 1.76. The maximum absolute atomic E-state index is 13.3. The maximum atomic E-state index is 13.3. The van der Waals surface area contributed by atoms with Crippen molar-refractivity contribution in [3.8, 4) is 0 Å². The van der Waals surface area contributed by atoms with E-state index < -0.39 is 73.4 Å². The maximum Gasteiger partial charge on any atom is 0.522 e. The third kappa shape index (κ3) is 6.89. The number of amides is 4. The van der Waals surface area contributed by atoms with Gasteiger partial charge in [0.25, 0.3) is 6.43 Å². The predicted molar refractivity (Wildman–Crippen MR) is 110 cm³/mol. The molecule has 3 N–H and O–H groups in total. The second kappa shape index (κ2) is 11.5. The molecule has 3 rings (SSSR count). The van der Waals surface area contributed by atoms with Crippen LogP contribution < -0.4 is 16.0 Å². The number of Topliss-reactive ketones (excluding diaryl/α,β-unsaturated/α-hetero) is 1. The molecule has 5 atom stereocenters. The van der Waals surface area contributed by atoms with E-state index in [4.69, 9.17) is 0 Å². The molecule has 1 saturated carbocycles. The highest BCUT2D eigenvalue weighted by atomic mass is 19.4. The first-order valence-corrected chi connectivity index (χ1v) is 11.6. The first-order chi connectivity index (χ1) is 16.9. The summed E-state index contributed by atoms with van der Waals surface area (Å²) < 4.78 is 65.9. The molecule has 0 aromatic carbocycles. The van der Waals surface area contributed by atoms with Crippen molar-refractivity contribution in [3.05, 3.63) is 0 Å². The van der Waals surface area contributed by atoms with Gasteiger partial charge in [-0.2, -0.15) is 0 Å². The van der Waals surface area contributed by atoms with Gasteiger partial charge in [0.15, 0.2) is 5.78 Å². The van der Waals surface area contributed by atoms with E-state index in [1.165, 1.54) is 0 Å². The van der Waals surface area contributed by atoms with Crippen molar-refractivity contribution in [3.63, 3.8) is 0 Å². The van der Waals surface area contributed by atoms with Crippen LogP contribution in [0.25, 0.3) is 0 Å². The molecule has 0 aromatic heterocycles. The summed E-state index contributed by atoms with van der Waals surface area (Å²) in [6.45, 7) is -2.12. The summed E-state index contributed by atoms with van der Waals surface area (Å²) in [6.07, 6.45) is -6.04. The number of likely N-dealkylation sites (tertiary alicyclic amines) is 1. The summed E-state index contributed by atoms with van der Waals surface area (Å²) >= 11 is 0. The second-order valence-electron chi connectivity index (χ2n) is 9.13. The van der Waals surface area contributed by atoms with Gasteiger partial charge in [0.05, 0.1) is 12.6 Å². The van der Waals surface area contributed by atoms with E-state index in [0.29, 0.717) is 25.8 Å². The topological polar surface area (TPSA) is 134 Å². The number of hydrogen-bond acceptors (Lipinski definition) is 6. The van der Waals surface area contributed by atoms with Gasteiger partial charge in [0.1, 0.15) is 12.6 Å². The minimum atomic E-state index is -5.09. The lowest BCUT2D eigenvalue weighted by Crippen LogP contribution is -2.56. The third-order valence-electron chi connectivity index (χ3n) is 6.80. The van der Waals surface area contributed by atoms with E-state index in [1.807, 2.05) is 0 Å². The number of carbonyl (C=O) groups excluding carboxylic acids is 5. The zero-order chi connectivity index (χ0) is 26.6. The Morgan fingerprint density at radius 2 is 1.86 bits per heavy atom. The average molecular weight is 526 g/mol. The highest BCUT2D eigenvalue weighted by Crippen LogP contribution is 2.42. The lowest BCUT2D eigenvalue weighted by Gasteiger charge is -2.29. The van der Waals surface area contributed by atoms with Gasteiger partial charge in [-0.25, -0.2) is 8.78 Å². The lowest BCUT2D eigenvalue weighted by atomic mass is 9.92. The minimum Gasteiger partial charge on any atom is -0.356 e. The van der Waals surface area contributed by atoms with E-state index in [9.17, 15) is 45.9 Å². The average Bonchev–Trinajstić information content (AvgIpc) is 3.50. The van der Waals surface area contributed by atoms with Crippen molar-refractivity contribution in [2.75, 3.05) is 26.2 Å². The summed E-state index contributed by atoms with van der Waals surface area (Å²) in [6, 6.07) is -2.74. The zero-order valence-corrected chi connectivity index (χ0v) is 19.1. The molecule has 2 heterocycles. The molecule has 0 spiro atoms. The fourth-order valence-electron chi connectivity index (χ4n) is 5.16. The smallest absolute Gasteiger partial charge is 0.356 e. The first kappa shape index (κ1) is 27.7. The molecular weight excluding hydrogens is 499 g/mol. The molecule has 36 heavy (non-hydrogen) atoms. The quantitative estimate of drug-likeness (QED) is 0.289. The Hall–Kier alpha value is -2.84. The number of carbonyl (C=O) groups is 5. The van der Waals surface area contributed by atoms with Gasteiger partial charge in [-0.15, -0.1) is 13.2 Å². The monoisotopic (exact) mass is 526 g/mol. The van der Waals surface area contributed by atoms with Crippen molar-refractivity contribution < 1.29 is 50.7 Å². The normalized spacial score (nSPS) is 26.5. The van der Waals surface area contributed by atoms with Crippen LogP contribution in [0.2, 0.25) is 0 Å². The number of rotatable bonds is 9. The third-order valence-corrected chi connectivity index (χ3v) is 6.80. The fourth-order valence-corrected chi connectivity index (χ4v) is 5.16. The van der Waals surface area contributed by atoms with Crippen molar-refractivity contribution in [2.45, 2.75) is 57.0 Å². The number of halogens is 5. The fraction of sp³-hybridized carbons (Fsp3) is 0.762. The molecular formula is C21H27F5N4O6. The molecule has 3 aliphatic rings. The Kier molecular flexibility index (Phi) is 8.84. The molecule has 1 aliphatic carbocycles. The van der Waals surface area contributed by atoms with E-state index >= 15 is 0 Å². The summed E-state index contributed by atoms with van der Waals surface area (Å²) in [5, 5.41) is 6.70. The molecule has 202 valence electrons. The first-order valence-electron chi connectivity index (χ1n) is 11.6. The molecule has 0 bridgehead atoms. The van der Waals surface area contributed by atoms with Crippen LogP contribution in [0.3, 0.4) is 0 Å². The molecule has 0 aromatic rings. The molecule has 2 aliphatic heterocycles. The number of ketones is 1. The molecule has 10 nitrogen and oxygen atoms in total. The van der Waals surface area contributed by atoms with Crippen molar-refractivity contribution >= 4 is 29.4 Å². The van der Waals surface area contributed by atoms with E-state index in [0.717, 1.165) is 11.3 Å². The molecule has 0 radical (unpaired) electrons. The Morgan fingerprint density at radius 3 is 2.47 bits per heavy atom. The number of nitrogens with zero attached hydrogens (tertiary/aromatic N) is 1. The summed E-state index contributed by atoms with van der Waals surface area (Å²) in [5.74, 6) is -6.17. The predicted octanol–water partition coefficient (Wildman–Crippen LogP) is 0.111. The van der Waals surface area contributed by atoms with Gasteiger partial charge in [-0.3, -0.25) is 28.7 Å². The Labute approximate surface area is 202 Å². The largest absolute Gasteiger partial charge is 0.522 e. The number of fused-ring (bicyclic) bond motifs is 1. The van der Waals surface area contributed by atoms with Crippen molar-refractivity contribution in [2.24, 2.45) is 17.8 Å². The lowest BCUT2D eigenvalue weighted by molar-refractivity contribution is -0.321. The van der Waals surface area contributed by atoms with Crippen LogP contribution in [0.1, 0.15) is 32.1 Å². The Morgan fingerprint density at radius 1 is 1.14 bits per heavy atom. The minimum absolute atomic E-state index is 0.0184. The molecule has 4 amide bonds. The highest BCUT2D eigenvalue weighted by Gasteiger charge is 2.51.